The number of aryl methyl sites for hydroxylation is 2. The fourth-order valence-corrected chi connectivity index (χ4v) is 2.69. The van der Waals surface area contributed by atoms with Gasteiger partial charge in [0.05, 0.1) is 17.2 Å². The predicted molar refractivity (Wildman–Crippen MR) is 86.8 cm³/mol. The molecule has 0 saturated carbocycles. The largest absolute Gasteiger partial charge is 0.395 e. The fourth-order valence-electron chi connectivity index (χ4n) is 1.87. The molecule has 2 rings (SSSR count). The summed E-state index contributed by atoms with van der Waals surface area (Å²) in [5, 5.41) is 13.6. The van der Waals surface area contributed by atoms with Gasteiger partial charge in [-0.25, -0.2) is 0 Å². The van der Waals surface area contributed by atoms with Crippen molar-refractivity contribution < 1.29 is 9.90 Å². The lowest BCUT2D eigenvalue weighted by Gasteiger charge is -2.08. The fraction of sp³-hybridized carbons (Fsp3) is 0.235. The van der Waals surface area contributed by atoms with E-state index in [0.29, 0.717) is 17.0 Å². The van der Waals surface area contributed by atoms with Crippen LogP contribution in [0.5, 0.6) is 0 Å². The number of aliphatic hydroxyl groups is 1. The Bertz CT molecular complexity index is 707. The highest BCUT2D eigenvalue weighted by molar-refractivity contribution is 7.12. The molecule has 0 aliphatic rings. The monoisotopic (exact) mass is 299 g/mol. The molecule has 3 nitrogen and oxygen atoms in total. The third kappa shape index (κ3) is 3.94. The van der Waals surface area contributed by atoms with Crippen LogP contribution < -0.4 is 5.32 Å². The molecule has 0 aliphatic heterocycles. The summed E-state index contributed by atoms with van der Waals surface area (Å²) >= 11 is 1.43. The van der Waals surface area contributed by atoms with Crippen LogP contribution in [0.25, 0.3) is 0 Å². The lowest BCUT2D eigenvalue weighted by molar-refractivity contribution is 0.103. The number of hydrogen-bond acceptors (Lipinski definition) is 3. The number of carbonyl (C=O) groups is 1. The van der Waals surface area contributed by atoms with E-state index < -0.39 is 0 Å². The summed E-state index contributed by atoms with van der Waals surface area (Å²) in [6.07, 6.45) is 0.422. The number of aliphatic hydroxyl groups excluding tert-OH is 1. The van der Waals surface area contributed by atoms with Crippen molar-refractivity contribution in [2.45, 2.75) is 20.3 Å². The second-order valence-corrected chi connectivity index (χ2v) is 5.63. The van der Waals surface area contributed by atoms with E-state index in [-0.39, 0.29) is 12.5 Å². The number of hydrogen-bond donors (Lipinski definition) is 2. The first-order valence-corrected chi connectivity index (χ1v) is 7.55. The highest BCUT2D eigenvalue weighted by atomic mass is 32.1. The van der Waals surface area contributed by atoms with Gasteiger partial charge in [-0.15, -0.1) is 11.3 Å². The van der Waals surface area contributed by atoms with Crippen LogP contribution in [0, 0.1) is 25.7 Å². The van der Waals surface area contributed by atoms with Crippen molar-refractivity contribution in [2.75, 3.05) is 11.9 Å². The number of amides is 1. The molecule has 0 unspecified atom stereocenters. The summed E-state index contributed by atoms with van der Waals surface area (Å²) in [6.45, 7) is 3.93. The van der Waals surface area contributed by atoms with Crippen LogP contribution in [0.2, 0.25) is 0 Å². The van der Waals surface area contributed by atoms with Crippen LogP contribution in [0.3, 0.4) is 0 Å². The van der Waals surface area contributed by atoms with Gasteiger partial charge in [0.25, 0.3) is 5.91 Å². The van der Waals surface area contributed by atoms with Crippen molar-refractivity contribution in [3.63, 3.8) is 0 Å². The molecule has 2 aromatic rings. The van der Waals surface area contributed by atoms with Gasteiger partial charge in [-0.1, -0.05) is 17.9 Å². The SMILES string of the molecule is Cc1ccc(C#CCCO)c(NC(=O)c2sccc2C)c1. The average Bonchev–Trinajstić information content (AvgIpc) is 2.88. The molecule has 21 heavy (non-hydrogen) atoms. The molecule has 4 heteroatoms. The van der Waals surface area contributed by atoms with Gasteiger partial charge in [0.15, 0.2) is 0 Å². The summed E-state index contributed by atoms with van der Waals surface area (Å²) in [5.41, 5.74) is 3.49. The normalized spacial score (nSPS) is 9.86. The molecule has 0 fully saturated rings. The highest BCUT2D eigenvalue weighted by Crippen LogP contribution is 2.21. The van der Waals surface area contributed by atoms with E-state index in [1.54, 1.807) is 0 Å². The quantitative estimate of drug-likeness (QED) is 0.854. The van der Waals surface area contributed by atoms with Crippen molar-refractivity contribution in [1.29, 1.82) is 0 Å². The van der Waals surface area contributed by atoms with Crippen molar-refractivity contribution in [1.82, 2.24) is 0 Å². The van der Waals surface area contributed by atoms with Crippen LogP contribution in [0.1, 0.15) is 32.8 Å². The molecule has 0 spiro atoms. The Hall–Kier alpha value is -2.09. The van der Waals surface area contributed by atoms with Crippen LogP contribution >= 0.6 is 11.3 Å². The van der Waals surface area contributed by atoms with Gasteiger partial charge in [0.2, 0.25) is 0 Å². The minimum absolute atomic E-state index is 0.0367. The smallest absolute Gasteiger partial charge is 0.266 e. The summed E-state index contributed by atoms with van der Waals surface area (Å²) < 4.78 is 0. The Balaban J connectivity index is 2.27. The topological polar surface area (TPSA) is 49.3 Å². The lowest BCUT2D eigenvalue weighted by Crippen LogP contribution is -2.12. The van der Waals surface area contributed by atoms with E-state index in [2.05, 4.69) is 17.2 Å². The Labute approximate surface area is 128 Å². The van der Waals surface area contributed by atoms with Crippen molar-refractivity contribution in [2.24, 2.45) is 0 Å². The molecule has 0 radical (unpaired) electrons. The second-order valence-electron chi connectivity index (χ2n) is 4.71. The van der Waals surface area contributed by atoms with Crippen LogP contribution in [0.4, 0.5) is 5.69 Å². The molecular weight excluding hydrogens is 282 g/mol. The van der Waals surface area contributed by atoms with Crippen LogP contribution in [-0.2, 0) is 0 Å². The van der Waals surface area contributed by atoms with E-state index in [9.17, 15) is 4.79 Å². The first-order chi connectivity index (χ1) is 10.1. The van der Waals surface area contributed by atoms with Crippen molar-refractivity contribution >= 4 is 22.9 Å². The Morgan fingerprint density at radius 2 is 2.14 bits per heavy atom. The van der Waals surface area contributed by atoms with Gasteiger partial charge in [0, 0.05) is 12.0 Å². The number of rotatable bonds is 3. The van der Waals surface area contributed by atoms with E-state index in [1.165, 1.54) is 11.3 Å². The van der Waals surface area contributed by atoms with Crippen molar-refractivity contribution in [3.8, 4) is 11.8 Å². The van der Waals surface area contributed by atoms with Crippen LogP contribution in [-0.4, -0.2) is 17.6 Å². The Morgan fingerprint density at radius 3 is 2.81 bits per heavy atom. The van der Waals surface area contributed by atoms with Gasteiger partial charge in [-0.2, -0.15) is 0 Å². The number of thiophene rings is 1. The zero-order valence-electron chi connectivity index (χ0n) is 12.1. The van der Waals surface area contributed by atoms with Gasteiger partial charge >= 0.3 is 0 Å². The van der Waals surface area contributed by atoms with Crippen LogP contribution in [0.15, 0.2) is 29.6 Å². The molecule has 1 amide bonds. The van der Waals surface area contributed by atoms with Gasteiger partial charge < -0.3 is 10.4 Å². The minimum Gasteiger partial charge on any atom is -0.395 e. The average molecular weight is 299 g/mol. The molecule has 1 aromatic heterocycles. The first-order valence-electron chi connectivity index (χ1n) is 6.67. The summed E-state index contributed by atoms with van der Waals surface area (Å²) in [4.78, 5) is 13.0. The molecule has 0 atom stereocenters. The summed E-state index contributed by atoms with van der Waals surface area (Å²) in [6, 6.07) is 7.67. The zero-order chi connectivity index (χ0) is 15.2. The molecular formula is C17H17NO2S. The molecule has 1 aromatic carbocycles. The number of carbonyl (C=O) groups excluding carboxylic acids is 1. The van der Waals surface area contributed by atoms with Gasteiger partial charge in [-0.05, 0) is 48.6 Å². The van der Waals surface area contributed by atoms with Crippen molar-refractivity contribution in [3.05, 3.63) is 51.2 Å². The second kappa shape index (κ2) is 7.07. The minimum atomic E-state index is -0.113. The number of nitrogens with one attached hydrogen (secondary N) is 1. The molecule has 1 heterocycles. The van der Waals surface area contributed by atoms with E-state index in [0.717, 1.165) is 16.7 Å². The molecule has 0 aliphatic carbocycles. The maximum Gasteiger partial charge on any atom is 0.266 e. The first kappa shape index (κ1) is 15.3. The zero-order valence-corrected chi connectivity index (χ0v) is 12.9. The van der Waals surface area contributed by atoms with Gasteiger partial charge in [-0.3, -0.25) is 4.79 Å². The molecule has 0 bridgehead atoms. The Morgan fingerprint density at radius 1 is 1.33 bits per heavy atom. The van der Waals surface area contributed by atoms with E-state index >= 15 is 0 Å². The standard InChI is InChI=1S/C17H17NO2S/c1-12-6-7-14(5-3-4-9-19)15(11-12)18-17(20)16-13(2)8-10-21-16/h6-8,10-11,19H,4,9H2,1-2H3,(H,18,20). The lowest BCUT2D eigenvalue weighted by atomic mass is 10.1. The maximum atomic E-state index is 12.3. The summed E-state index contributed by atoms with van der Waals surface area (Å²) in [5.74, 6) is 5.75. The Kier molecular flexibility index (Phi) is 5.15. The molecule has 2 N–H and O–H groups in total. The number of anilines is 1. The predicted octanol–water partition coefficient (Wildman–Crippen LogP) is 3.35. The maximum absolute atomic E-state index is 12.3. The molecule has 108 valence electrons. The number of benzene rings is 1. The molecule has 0 saturated heterocycles. The highest BCUT2D eigenvalue weighted by Gasteiger charge is 2.12. The van der Waals surface area contributed by atoms with E-state index in [4.69, 9.17) is 5.11 Å². The van der Waals surface area contributed by atoms with Gasteiger partial charge in [0.1, 0.15) is 0 Å². The van der Waals surface area contributed by atoms with E-state index in [1.807, 2.05) is 43.5 Å². The summed E-state index contributed by atoms with van der Waals surface area (Å²) in [7, 11) is 0. The third-order valence-electron chi connectivity index (χ3n) is 2.95. The third-order valence-corrected chi connectivity index (χ3v) is 3.97.